The van der Waals surface area contributed by atoms with Crippen molar-refractivity contribution >= 4 is 34.8 Å². The molecule has 0 aliphatic rings. The lowest BCUT2D eigenvalue weighted by molar-refractivity contribution is -0.122. The first-order valence-electron chi connectivity index (χ1n) is 8.38. The van der Waals surface area contributed by atoms with Gasteiger partial charge in [0.15, 0.2) is 5.11 Å². The molecule has 0 fully saturated rings. The van der Waals surface area contributed by atoms with Crippen LogP contribution in [-0.2, 0) is 11.3 Å². The number of carbonyl (C=O) groups excluding carboxylic acids is 2. The number of thiocarbonyl (C=S) groups is 1. The average molecular weight is 369 g/mol. The van der Waals surface area contributed by atoms with E-state index in [2.05, 4.69) is 10.6 Å². The van der Waals surface area contributed by atoms with E-state index in [0.29, 0.717) is 17.8 Å². The molecule has 0 saturated carbocycles. The van der Waals surface area contributed by atoms with Gasteiger partial charge in [-0.1, -0.05) is 50.2 Å². The number of nitrogens with one attached hydrogen (secondary N) is 2. The lowest BCUT2D eigenvalue weighted by Crippen LogP contribution is -2.36. The van der Waals surface area contributed by atoms with Crippen molar-refractivity contribution in [1.82, 2.24) is 10.2 Å². The molecule has 5 nitrogen and oxygen atoms in total. The Morgan fingerprint density at radius 3 is 2.42 bits per heavy atom. The Morgan fingerprint density at radius 2 is 1.77 bits per heavy atom. The van der Waals surface area contributed by atoms with Crippen molar-refractivity contribution in [2.24, 2.45) is 5.92 Å². The molecule has 2 aromatic carbocycles. The van der Waals surface area contributed by atoms with E-state index in [1.807, 2.05) is 30.3 Å². The number of amides is 2. The zero-order valence-corrected chi connectivity index (χ0v) is 16.0. The van der Waals surface area contributed by atoms with E-state index in [1.54, 1.807) is 50.1 Å². The number of anilines is 1. The lowest BCUT2D eigenvalue weighted by atomic mass is 10.1. The van der Waals surface area contributed by atoms with Gasteiger partial charge in [-0.2, -0.15) is 0 Å². The maximum Gasteiger partial charge on any atom is 0.253 e. The minimum absolute atomic E-state index is 0.0883. The van der Waals surface area contributed by atoms with Gasteiger partial charge in [0.2, 0.25) is 5.91 Å². The fourth-order valence-corrected chi connectivity index (χ4v) is 2.52. The first-order chi connectivity index (χ1) is 12.4. The molecule has 136 valence electrons. The largest absolute Gasteiger partial charge is 0.337 e. The first-order valence-corrected chi connectivity index (χ1v) is 8.79. The molecule has 0 bridgehead atoms. The molecule has 2 aromatic rings. The van der Waals surface area contributed by atoms with Gasteiger partial charge in [-0.3, -0.25) is 9.59 Å². The van der Waals surface area contributed by atoms with E-state index in [-0.39, 0.29) is 22.8 Å². The summed E-state index contributed by atoms with van der Waals surface area (Å²) in [5.74, 6) is -0.402. The fourth-order valence-electron chi connectivity index (χ4n) is 2.30. The first kappa shape index (κ1) is 19.6. The molecule has 2 amide bonds. The molecule has 0 aromatic heterocycles. The molecular formula is C20H23N3O2S. The Morgan fingerprint density at radius 1 is 1.08 bits per heavy atom. The van der Waals surface area contributed by atoms with Gasteiger partial charge in [0.05, 0.1) is 0 Å². The molecule has 2 N–H and O–H groups in total. The van der Waals surface area contributed by atoms with E-state index in [4.69, 9.17) is 12.2 Å². The topological polar surface area (TPSA) is 61.4 Å². The maximum atomic E-state index is 12.6. The van der Waals surface area contributed by atoms with Crippen LogP contribution in [0.1, 0.15) is 29.8 Å². The second kappa shape index (κ2) is 9.10. The second-order valence-electron chi connectivity index (χ2n) is 6.33. The normalized spacial score (nSPS) is 10.3. The van der Waals surface area contributed by atoms with Crippen LogP contribution in [0.5, 0.6) is 0 Å². The predicted molar refractivity (Wildman–Crippen MR) is 108 cm³/mol. The van der Waals surface area contributed by atoms with Crippen LogP contribution in [0.2, 0.25) is 0 Å². The Bertz CT molecular complexity index is 791. The summed E-state index contributed by atoms with van der Waals surface area (Å²) >= 11 is 5.14. The van der Waals surface area contributed by atoms with E-state index in [1.165, 1.54) is 0 Å². The SMILES string of the molecule is CC(C)C(=O)NC(=S)Nc1cccc(C(=O)N(C)Cc2ccccc2)c1. The smallest absolute Gasteiger partial charge is 0.253 e. The quantitative estimate of drug-likeness (QED) is 0.793. The van der Waals surface area contributed by atoms with Gasteiger partial charge in [-0.25, -0.2) is 0 Å². The molecule has 0 radical (unpaired) electrons. The third-order valence-electron chi connectivity index (χ3n) is 3.74. The Hall–Kier alpha value is -2.73. The van der Waals surface area contributed by atoms with Crippen LogP contribution >= 0.6 is 12.2 Å². The molecule has 26 heavy (non-hydrogen) atoms. The average Bonchev–Trinajstić information content (AvgIpc) is 2.61. The van der Waals surface area contributed by atoms with Crippen molar-refractivity contribution in [2.45, 2.75) is 20.4 Å². The van der Waals surface area contributed by atoms with Crippen LogP contribution in [0, 0.1) is 5.92 Å². The summed E-state index contributed by atoms with van der Waals surface area (Å²) in [7, 11) is 1.77. The molecule has 0 aliphatic carbocycles. The Labute approximate surface area is 159 Å². The monoisotopic (exact) mass is 369 g/mol. The zero-order chi connectivity index (χ0) is 19.1. The number of rotatable bonds is 5. The van der Waals surface area contributed by atoms with Gasteiger partial charge >= 0.3 is 0 Å². The summed E-state index contributed by atoms with van der Waals surface area (Å²) in [5.41, 5.74) is 2.26. The van der Waals surface area contributed by atoms with Crippen molar-refractivity contribution in [1.29, 1.82) is 0 Å². The molecule has 2 rings (SSSR count). The second-order valence-corrected chi connectivity index (χ2v) is 6.73. The molecule has 0 spiro atoms. The highest BCUT2D eigenvalue weighted by Crippen LogP contribution is 2.14. The highest BCUT2D eigenvalue weighted by molar-refractivity contribution is 7.80. The van der Waals surface area contributed by atoms with Crippen LogP contribution in [0.3, 0.4) is 0 Å². The summed E-state index contributed by atoms with van der Waals surface area (Å²) in [5, 5.41) is 5.77. The summed E-state index contributed by atoms with van der Waals surface area (Å²) in [6, 6.07) is 16.9. The van der Waals surface area contributed by atoms with Crippen molar-refractivity contribution in [3.63, 3.8) is 0 Å². The summed E-state index contributed by atoms with van der Waals surface area (Å²) in [6.45, 7) is 4.11. The molecule has 0 saturated heterocycles. The van der Waals surface area contributed by atoms with Crippen LogP contribution in [0.15, 0.2) is 54.6 Å². The number of hydrogen-bond acceptors (Lipinski definition) is 3. The Kier molecular flexibility index (Phi) is 6.86. The Balaban J connectivity index is 2.02. The molecule has 0 aliphatic heterocycles. The van der Waals surface area contributed by atoms with Crippen molar-refractivity contribution in [2.75, 3.05) is 12.4 Å². The van der Waals surface area contributed by atoms with Crippen LogP contribution in [0.4, 0.5) is 5.69 Å². The van der Waals surface area contributed by atoms with E-state index < -0.39 is 0 Å². The van der Waals surface area contributed by atoms with Crippen LogP contribution in [-0.4, -0.2) is 28.9 Å². The van der Waals surface area contributed by atoms with Crippen molar-refractivity contribution < 1.29 is 9.59 Å². The standard InChI is InChI=1S/C20H23N3O2S/c1-14(2)18(24)22-20(26)21-17-11-7-10-16(12-17)19(25)23(3)13-15-8-5-4-6-9-15/h4-12,14H,13H2,1-3H3,(H2,21,22,24,26). The number of hydrogen-bond donors (Lipinski definition) is 2. The predicted octanol–water partition coefficient (Wildman–Crippen LogP) is 3.43. The van der Waals surface area contributed by atoms with Gasteiger partial charge in [0, 0.05) is 30.8 Å². The maximum absolute atomic E-state index is 12.6. The highest BCUT2D eigenvalue weighted by Gasteiger charge is 2.13. The minimum Gasteiger partial charge on any atom is -0.337 e. The zero-order valence-electron chi connectivity index (χ0n) is 15.2. The molecule has 6 heteroatoms. The molecule has 0 heterocycles. The van der Waals surface area contributed by atoms with Crippen LogP contribution < -0.4 is 10.6 Å². The lowest BCUT2D eigenvalue weighted by Gasteiger charge is -2.18. The minimum atomic E-state index is -0.158. The van der Waals surface area contributed by atoms with E-state index in [9.17, 15) is 9.59 Å². The summed E-state index contributed by atoms with van der Waals surface area (Å²) in [6.07, 6.45) is 0. The van der Waals surface area contributed by atoms with E-state index in [0.717, 1.165) is 5.56 Å². The number of nitrogens with zero attached hydrogens (tertiary/aromatic N) is 1. The van der Waals surface area contributed by atoms with E-state index >= 15 is 0 Å². The van der Waals surface area contributed by atoms with Gasteiger partial charge < -0.3 is 15.5 Å². The van der Waals surface area contributed by atoms with Crippen molar-refractivity contribution in [3.8, 4) is 0 Å². The van der Waals surface area contributed by atoms with Gasteiger partial charge in [-0.05, 0) is 36.0 Å². The van der Waals surface area contributed by atoms with Crippen LogP contribution in [0.25, 0.3) is 0 Å². The summed E-state index contributed by atoms with van der Waals surface area (Å²) < 4.78 is 0. The van der Waals surface area contributed by atoms with Gasteiger partial charge in [0.1, 0.15) is 0 Å². The molecule has 0 unspecified atom stereocenters. The highest BCUT2D eigenvalue weighted by atomic mass is 32.1. The third-order valence-corrected chi connectivity index (χ3v) is 3.94. The van der Waals surface area contributed by atoms with Gasteiger partial charge in [-0.15, -0.1) is 0 Å². The van der Waals surface area contributed by atoms with Crippen molar-refractivity contribution in [3.05, 3.63) is 65.7 Å². The molecule has 0 atom stereocenters. The third kappa shape index (κ3) is 5.67. The molecular weight excluding hydrogens is 346 g/mol. The fraction of sp³-hybridized carbons (Fsp3) is 0.250. The number of carbonyl (C=O) groups is 2. The van der Waals surface area contributed by atoms with Gasteiger partial charge in [0.25, 0.3) is 5.91 Å². The summed E-state index contributed by atoms with van der Waals surface area (Å²) in [4.78, 5) is 26.0. The number of benzene rings is 2.